The molecule has 1 heterocycles. The predicted octanol–water partition coefficient (Wildman–Crippen LogP) is 2.93. The second kappa shape index (κ2) is 5.68. The fourth-order valence-electron chi connectivity index (χ4n) is 1.41. The number of aryl methyl sites for hydroxylation is 1. The van der Waals surface area contributed by atoms with E-state index in [4.69, 9.17) is 4.74 Å². The molecule has 18 heavy (non-hydrogen) atoms. The first-order valence-corrected chi connectivity index (χ1v) is 6.11. The van der Waals surface area contributed by atoms with Crippen molar-refractivity contribution in [2.24, 2.45) is 7.05 Å². The Balaban J connectivity index is 1.88. The summed E-state index contributed by atoms with van der Waals surface area (Å²) < 4.78 is 7.25. The van der Waals surface area contributed by atoms with Gasteiger partial charge in [-0.2, -0.15) is 5.10 Å². The average Bonchev–Trinajstić information content (AvgIpc) is 2.67. The van der Waals surface area contributed by atoms with Crippen LogP contribution in [0.4, 0.5) is 10.5 Å². The molecule has 0 aliphatic heterocycles. The third kappa shape index (κ3) is 3.33. The second-order valence-corrected chi connectivity index (χ2v) is 4.45. The highest BCUT2D eigenvalue weighted by Gasteiger charge is 2.09. The molecule has 1 aromatic carbocycles. The molecule has 1 amide bonds. The molecular formula is C12H12BrN3O2. The predicted molar refractivity (Wildman–Crippen MR) is 71.2 cm³/mol. The van der Waals surface area contributed by atoms with Crippen molar-refractivity contribution >= 4 is 27.7 Å². The molecule has 0 saturated heterocycles. The van der Waals surface area contributed by atoms with Crippen molar-refractivity contribution in [3.8, 4) is 0 Å². The number of benzene rings is 1. The van der Waals surface area contributed by atoms with Crippen LogP contribution in [0, 0.1) is 0 Å². The van der Waals surface area contributed by atoms with Crippen molar-refractivity contribution in [3.05, 3.63) is 46.7 Å². The summed E-state index contributed by atoms with van der Waals surface area (Å²) in [6.45, 7) is 0.241. The first kappa shape index (κ1) is 12.6. The maximum absolute atomic E-state index is 11.6. The van der Waals surface area contributed by atoms with Gasteiger partial charge in [-0.25, -0.2) is 4.79 Å². The number of carbonyl (C=O) groups is 1. The lowest BCUT2D eigenvalue weighted by atomic mass is 10.2. The molecule has 0 fully saturated rings. The van der Waals surface area contributed by atoms with Crippen LogP contribution in [0.2, 0.25) is 0 Å². The Morgan fingerprint density at radius 3 is 2.78 bits per heavy atom. The van der Waals surface area contributed by atoms with Gasteiger partial charge in [0.05, 0.1) is 5.69 Å². The van der Waals surface area contributed by atoms with E-state index >= 15 is 0 Å². The number of hydrogen-bond acceptors (Lipinski definition) is 3. The van der Waals surface area contributed by atoms with E-state index in [9.17, 15) is 4.79 Å². The van der Waals surface area contributed by atoms with Gasteiger partial charge in [-0.1, -0.05) is 30.3 Å². The van der Waals surface area contributed by atoms with E-state index in [1.165, 1.54) is 0 Å². The van der Waals surface area contributed by atoms with Gasteiger partial charge in [0.1, 0.15) is 6.61 Å². The zero-order valence-electron chi connectivity index (χ0n) is 9.76. The third-order valence-electron chi connectivity index (χ3n) is 2.23. The first-order chi connectivity index (χ1) is 8.65. The summed E-state index contributed by atoms with van der Waals surface area (Å²) in [5.74, 6) is 0. The monoisotopic (exact) mass is 309 g/mol. The van der Waals surface area contributed by atoms with Crippen LogP contribution in [-0.4, -0.2) is 15.9 Å². The molecule has 0 aliphatic rings. The van der Waals surface area contributed by atoms with E-state index in [0.29, 0.717) is 10.3 Å². The standard InChI is InChI=1S/C12H12BrN3O2/c1-16-7-10(11(13)15-16)14-12(17)18-8-9-5-3-2-4-6-9/h2-7H,8H2,1H3,(H,14,17). The molecular weight excluding hydrogens is 298 g/mol. The molecule has 94 valence electrons. The molecule has 0 aliphatic carbocycles. The topological polar surface area (TPSA) is 56.2 Å². The molecule has 0 radical (unpaired) electrons. The normalized spacial score (nSPS) is 10.1. The summed E-state index contributed by atoms with van der Waals surface area (Å²) in [6.07, 6.45) is 1.18. The van der Waals surface area contributed by atoms with Crippen molar-refractivity contribution in [1.82, 2.24) is 9.78 Å². The smallest absolute Gasteiger partial charge is 0.412 e. The minimum atomic E-state index is -0.507. The Morgan fingerprint density at radius 2 is 2.17 bits per heavy atom. The van der Waals surface area contributed by atoms with E-state index in [0.717, 1.165) is 5.56 Å². The number of aromatic nitrogens is 2. The van der Waals surface area contributed by atoms with E-state index in [-0.39, 0.29) is 6.61 Å². The van der Waals surface area contributed by atoms with Gasteiger partial charge >= 0.3 is 6.09 Å². The van der Waals surface area contributed by atoms with Gasteiger partial charge in [0, 0.05) is 13.2 Å². The number of ether oxygens (including phenoxy) is 1. The lowest BCUT2D eigenvalue weighted by Gasteiger charge is -2.05. The average molecular weight is 310 g/mol. The second-order valence-electron chi connectivity index (χ2n) is 3.69. The molecule has 0 bridgehead atoms. The summed E-state index contributed by atoms with van der Waals surface area (Å²) in [4.78, 5) is 11.6. The van der Waals surface area contributed by atoms with Crippen LogP contribution < -0.4 is 5.32 Å². The number of halogens is 1. The van der Waals surface area contributed by atoms with Crippen LogP contribution >= 0.6 is 15.9 Å². The molecule has 1 aromatic heterocycles. The highest BCUT2D eigenvalue weighted by molar-refractivity contribution is 9.10. The zero-order valence-corrected chi connectivity index (χ0v) is 11.3. The summed E-state index contributed by atoms with van der Waals surface area (Å²) >= 11 is 3.24. The highest BCUT2D eigenvalue weighted by atomic mass is 79.9. The van der Waals surface area contributed by atoms with Gasteiger partial charge < -0.3 is 4.74 Å². The minimum Gasteiger partial charge on any atom is -0.444 e. The first-order valence-electron chi connectivity index (χ1n) is 5.32. The molecule has 0 spiro atoms. The van der Waals surface area contributed by atoms with Gasteiger partial charge in [0.25, 0.3) is 0 Å². The minimum absolute atomic E-state index is 0.241. The molecule has 5 nitrogen and oxygen atoms in total. The Labute approximate surface area is 113 Å². The summed E-state index contributed by atoms with van der Waals surface area (Å²) in [6, 6.07) is 9.50. The van der Waals surface area contributed by atoms with Crippen LogP contribution in [0.1, 0.15) is 5.56 Å². The number of amides is 1. The molecule has 0 atom stereocenters. The van der Waals surface area contributed by atoms with Crippen molar-refractivity contribution in [2.45, 2.75) is 6.61 Å². The van der Waals surface area contributed by atoms with E-state index in [1.54, 1.807) is 17.9 Å². The molecule has 6 heteroatoms. The van der Waals surface area contributed by atoms with Crippen molar-refractivity contribution < 1.29 is 9.53 Å². The molecule has 2 rings (SSSR count). The molecule has 0 unspecified atom stereocenters. The molecule has 1 N–H and O–H groups in total. The van der Waals surface area contributed by atoms with Gasteiger partial charge in [0.2, 0.25) is 0 Å². The number of carbonyl (C=O) groups excluding carboxylic acids is 1. The SMILES string of the molecule is Cn1cc(NC(=O)OCc2ccccc2)c(Br)n1. The van der Waals surface area contributed by atoms with Gasteiger partial charge in [-0.3, -0.25) is 10.00 Å². The Kier molecular flexibility index (Phi) is 3.99. The zero-order chi connectivity index (χ0) is 13.0. The largest absolute Gasteiger partial charge is 0.444 e. The third-order valence-corrected chi connectivity index (χ3v) is 2.82. The van der Waals surface area contributed by atoms with E-state index in [2.05, 4.69) is 26.3 Å². The van der Waals surface area contributed by atoms with Crippen LogP contribution in [0.5, 0.6) is 0 Å². The quantitative estimate of drug-likeness (QED) is 0.948. The van der Waals surface area contributed by atoms with Crippen LogP contribution in [-0.2, 0) is 18.4 Å². The van der Waals surface area contributed by atoms with Crippen LogP contribution in [0.25, 0.3) is 0 Å². The van der Waals surface area contributed by atoms with Gasteiger partial charge in [0.15, 0.2) is 4.60 Å². The lowest BCUT2D eigenvalue weighted by Crippen LogP contribution is -2.13. The Hall–Kier alpha value is -1.82. The maximum atomic E-state index is 11.6. The Morgan fingerprint density at radius 1 is 1.44 bits per heavy atom. The summed E-state index contributed by atoms with van der Waals surface area (Å²) in [7, 11) is 1.77. The number of hydrogen-bond donors (Lipinski definition) is 1. The fourth-order valence-corrected chi connectivity index (χ4v) is 1.87. The molecule has 2 aromatic rings. The summed E-state index contributed by atoms with van der Waals surface area (Å²) in [5, 5.41) is 6.66. The molecule has 0 saturated carbocycles. The lowest BCUT2D eigenvalue weighted by molar-refractivity contribution is 0.155. The summed E-state index contributed by atoms with van der Waals surface area (Å²) in [5.41, 5.74) is 1.52. The maximum Gasteiger partial charge on any atom is 0.412 e. The van der Waals surface area contributed by atoms with Gasteiger partial charge in [-0.15, -0.1) is 0 Å². The number of nitrogens with one attached hydrogen (secondary N) is 1. The van der Waals surface area contributed by atoms with E-state index in [1.807, 2.05) is 30.3 Å². The van der Waals surface area contributed by atoms with Crippen molar-refractivity contribution in [3.63, 3.8) is 0 Å². The number of anilines is 1. The number of nitrogens with zero attached hydrogens (tertiary/aromatic N) is 2. The van der Waals surface area contributed by atoms with Crippen LogP contribution in [0.15, 0.2) is 41.1 Å². The van der Waals surface area contributed by atoms with Gasteiger partial charge in [-0.05, 0) is 21.5 Å². The Bertz CT molecular complexity index is 540. The van der Waals surface area contributed by atoms with Crippen molar-refractivity contribution in [2.75, 3.05) is 5.32 Å². The number of rotatable bonds is 3. The highest BCUT2D eigenvalue weighted by Crippen LogP contribution is 2.19. The van der Waals surface area contributed by atoms with E-state index < -0.39 is 6.09 Å². The van der Waals surface area contributed by atoms with Crippen LogP contribution in [0.3, 0.4) is 0 Å². The fraction of sp³-hybridized carbons (Fsp3) is 0.167. The van der Waals surface area contributed by atoms with Crippen molar-refractivity contribution in [1.29, 1.82) is 0 Å².